The van der Waals surface area contributed by atoms with Crippen molar-refractivity contribution in [1.29, 1.82) is 0 Å². The van der Waals surface area contributed by atoms with Gasteiger partial charge in [-0.1, -0.05) is 6.92 Å². The molecule has 0 saturated carbocycles. The molecule has 104 valence electrons. The molecule has 2 fully saturated rings. The SMILES string of the molecule is CCCSC1(C(=O)O)CS[C@@H]2C(N)C(=O)N2C1.Cl. The summed E-state index contributed by atoms with van der Waals surface area (Å²) in [5.74, 6) is 0.376. The average Bonchev–Trinajstić information content (AvgIpc) is 2.34. The van der Waals surface area contributed by atoms with Crippen LogP contribution in [0.25, 0.3) is 0 Å². The maximum atomic E-state index is 11.6. The fourth-order valence-electron chi connectivity index (χ4n) is 2.03. The van der Waals surface area contributed by atoms with Gasteiger partial charge in [0.1, 0.15) is 16.2 Å². The Labute approximate surface area is 121 Å². The second-order valence-corrected chi connectivity index (χ2v) is 6.92. The number of hydrogen-bond donors (Lipinski definition) is 2. The highest BCUT2D eigenvalue weighted by atomic mass is 35.5. The predicted molar refractivity (Wildman–Crippen MR) is 76.3 cm³/mol. The number of β-lactam (4-membered cyclic amide) rings is 1. The molecule has 0 radical (unpaired) electrons. The summed E-state index contributed by atoms with van der Waals surface area (Å²) in [6, 6.07) is -0.442. The highest BCUT2D eigenvalue weighted by Gasteiger charge is 2.55. The molecular formula is C10H17ClN2O3S2. The van der Waals surface area contributed by atoms with E-state index in [2.05, 4.69) is 0 Å². The minimum atomic E-state index is -0.854. The van der Waals surface area contributed by atoms with Crippen LogP contribution < -0.4 is 5.73 Å². The van der Waals surface area contributed by atoms with Gasteiger partial charge in [0, 0.05) is 12.3 Å². The van der Waals surface area contributed by atoms with Gasteiger partial charge in [-0.15, -0.1) is 35.9 Å². The number of hydrogen-bond acceptors (Lipinski definition) is 5. The Morgan fingerprint density at radius 2 is 2.39 bits per heavy atom. The van der Waals surface area contributed by atoms with Crippen molar-refractivity contribution in [3.05, 3.63) is 0 Å². The van der Waals surface area contributed by atoms with E-state index in [0.29, 0.717) is 5.75 Å². The lowest BCUT2D eigenvalue weighted by molar-refractivity contribution is -0.148. The van der Waals surface area contributed by atoms with Gasteiger partial charge in [-0.2, -0.15) is 0 Å². The van der Waals surface area contributed by atoms with Crippen LogP contribution in [-0.4, -0.2) is 56.1 Å². The first-order valence-corrected chi connectivity index (χ1v) is 7.60. The summed E-state index contributed by atoms with van der Waals surface area (Å²) >= 11 is 2.93. The van der Waals surface area contributed by atoms with Gasteiger partial charge in [0.15, 0.2) is 0 Å². The van der Waals surface area contributed by atoms with Crippen molar-refractivity contribution < 1.29 is 14.7 Å². The second-order valence-electron chi connectivity index (χ2n) is 4.34. The number of nitrogens with two attached hydrogens (primary N) is 1. The van der Waals surface area contributed by atoms with Crippen LogP contribution in [0.15, 0.2) is 0 Å². The monoisotopic (exact) mass is 312 g/mol. The van der Waals surface area contributed by atoms with E-state index in [1.165, 1.54) is 23.5 Å². The first-order valence-electron chi connectivity index (χ1n) is 5.57. The summed E-state index contributed by atoms with van der Waals surface area (Å²) in [7, 11) is 0. The standard InChI is InChI=1S/C10H16N2O3S2.ClH/c1-2-3-17-10(9(14)15)4-12-7(13)6(11)8(12)16-5-10;/h6,8H,2-5,11H2,1H3,(H,14,15);1H/t6?,8-,10?;/m1./s1. The smallest absolute Gasteiger partial charge is 0.322 e. The Balaban J connectivity index is 0.00000162. The number of nitrogens with zero attached hydrogens (tertiary/aromatic N) is 1. The maximum Gasteiger partial charge on any atom is 0.322 e. The summed E-state index contributed by atoms with van der Waals surface area (Å²) in [6.07, 6.45) is 0.932. The van der Waals surface area contributed by atoms with Gasteiger partial charge >= 0.3 is 5.97 Å². The fraction of sp³-hybridized carbons (Fsp3) is 0.800. The number of halogens is 1. The van der Waals surface area contributed by atoms with Gasteiger partial charge in [-0.05, 0) is 12.2 Å². The first kappa shape index (κ1) is 15.9. The zero-order valence-electron chi connectivity index (χ0n) is 10.00. The molecule has 0 spiro atoms. The number of thioether (sulfide) groups is 2. The molecule has 5 nitrogen and oxygen atoms in total. The van der Waals surface area contributed by atoms with Crippen LogP contribution in [0, 0.1) is 0 Å². The molecule has 0 bridgehead atoms. The van der Waals surface area contributed by atoms with E-state index < -0.39 is 16.8 Å². The Kier molecular flexibility index (Phi) is 5.22. The van der Waals surface area contributed by atoms with Gasteiger partial charge < -0.3 is 15.7 Å². The molecule has 2 unspecified atom stereocenters. The topological polar surface area (TPSA) is 83.6 Å². The molecule has 3 N–H and O–H groups in total. The lowest BCUT2D eigenvalue weighted by Gasteiger charge is -2.52. The Morgan fingerprint density at radius 3 is 2.94 bits per heavy atom. The predicted octanol–water partition coefficient (Wildman–Crippen LogP) is 0.617. The third-order valence-electron chi connectivity index (χ3n) is 3.07. The number of aliphatic carboxylic acids is 1. The molecule has 1 amide bonds. The van der Waals surface area contributed by atoms with E-state index in [-0.39, 0.29) is 30.2 Å². The molecule has 2 aliphatic rings. The van der Waals surface area contributed by atoms with E-state index in [4.69, 9.17) is 5.73 Å². The molecule has 2 saturated heterocycles. The van der Waals surface area contributed by atoms with E-state index in [0.717, 1.165) is 12.2 Å². The van der Waals surface area contributed by atoms with Crippen LogP contribution in [-0.2, 0) is 9.59 Å². The minimum absolute atomic E-state index is 0. The number of fused-ring (bicyclic) bond motifs is 1. The van der Waals surface area contributed by atoms with Crippen LogP contribution >= 0.6 is 35.9 Å². The summed E-state index contributed by atoms with van der Waals surface area (Å²) in [5, 5.41) is 9.38. The molecule has 2 heterocycles. The van der Waals surface area contributed by atoms with E-state index >= 15 is 0 Å². The van der Waals surface area contributed by atoms with Crippen molar-refractivity contribution in [2.45, 2.75) is 29.5 Å². The van der Waals surface area contributed by atoms with Gasteiger partial charge in [-0.3, -0.25) is 9.59 Å². The van der Waals surface area contributed by atoms with Crippen molar-refractivity contribution in [3.63, 3.8) is 0 Å². The first-order chi connectivity index (χ1) is 8.02. The summed E-state index contributed by atoms with van der Waals surface area (Å²) in [6.45, 7) is 2.31. The van der Waals surface area contributed by atoms with Crippen molar-refractivity contribution in [3.8, 4) is 0 Å². The molecule has 18 heavy (non-hydrogen) atoms. The largest absolute Gasteiger partial charge is 0.480 e. The van der Waals surface area contributed by atoms with Crippen molar-refractivity contribution in [2.75, 3.05) is 18.1 Å². The number of carboxylic acid groups (broad SMARTS) is 1. The van der Waals surface area contributed by atoms with Crippen LogP contribution in [0.1, 0.15) is 13.3 Å². The van der Waals surface area contributed by atoms with Crippen LogP contribution in [0.5, 0.6) is 0 Å². The Hall–Kier alpha value is -0.110. The molecule has 0 aromatic rings. The van der Waals surface area contributed by atoms with Gasteiger partial charge in [-0.25, -0.2) is 0 Å². The quantitative estimate of drug-likeness (QED) is 0.740. The number of rotatable bonds is 4. The van der Waals surface area contributed by atoms with Gasteiger partial charge in [0.2, 0.25) is 5.91 Å². The maximum absolute atomic E-state index is 11.6. The second kappa shape index (κ2) is 5.90. The average molecular weight is 313 g/mol. The highest BCUT2D eigenvalue weighted by molar-refractivity contribution is 8.05. The lowest BCUT2D eigenvalue weighted by Crippen LogP contribution is -2.73. The van der Waals surface area contributed by atoms with Crippen molar-refractivity contribution in [2.24, 2.45) is 5.73 Å². The fourth-order valence-corrected chi connectivity index (χ4v) is 4.85. The number of amides is 1. The number of carbonyl (C=O) groups is 2. The molecule has 2 rings (SSSR count). The summed E-state index contributed by atoms with van der Waals surface area (Å²) < 4.78 is -0.854. The molecular weight excluding hydrogens is 296 g/mol. The zero-order valence-corrected chi connectivity index (χ0v) is 12.4. The summed E-state index contributed by atoms with van der Waals surface area (Å²) in [4.78, 5) is 24.6. The lowest BCUT2D eigenvalue weighted by atomic mass is 10.0. The van der Waals surface area contributed by atoms with Gasteiger partial charge in [0.25, 0.3) is 0 Å². The third kappa shape index (κ3) is 2.45. The van der Waals surface area contributed by atoms with Gasteiger partial charge in [0.05, 0.1) is 0 Å². The Bertz CT molecular complexity index is 358. The zero-order chi connectivity index (χ0) is 12.6. The van der Waals surface area contributed by atoms with Crippen molar-refractivity contribution >= 4 is 47.8 Å². The van der Waals surface area contributed by atoms with E-state index in [1.807, 2.05) is 6.92 Å². The molecule has 2 aliphatic heterocycles. The van der Waals surface area contributed by atoms with Crippen LogP contribution in [0.2, 0.25) is 0 Å². The molecule has 0 aliphatic carbocycles. The Morgan fingerprint density at radius 1 is 1.72 bits per heavy atom. The molecule has 0 aromatic carbocycles. The van der Waals surface area contributed by atoms with Crippen LogP contribution in [0.4, 0.5) is 0 Å². The third-order valence-corrected chi connectivity index (χ3v) is 6.41. The van der Waals surface area contributed by atoms with Crippen LogP contribution in [0.3, 0.4) is 0 Å². The molecule has 0 aromatic heterocycles. The summed E-state index contributed by atoms with van der Waals surface area (Å²) in [5.41, 5.74) is 5.68. The molecule has 8 heteroatoms. The van der Waals surface area contributed by atoms with Crippen molar-refractivity contribution in [1.82, 2.24) is 4.90 Å². The minimum Gasteiger partial charge on any atom is -0.480 e. The highest BCUT2D eigenvalue weighted by Crippen LogP contribution is 2.43. The van der Waals surface area contributed by atoms with E-state index in [9.17, 15) is 14.7 Å². The number of carbonyl (C=O) groups excluding carboxylic acids is 1. The van der Waals surface area contributed by atoms with E-state index in [1.54, 1.807) is 4.90 Å². The number of carboxylic acids is 1. The molecule has 3 atom stereocenters. The normalized spacial score (nSPS) is 34.3.